The van der Waals surface area contributed by atoms with Crippen molar-refractivity contribution in [2.75, 3.05) is 13.6 Å². The number of rotatable bonds is 3. The number of carbonyl (C=O) groups excluding carboxylic acids is 1. The van der Waals surface area contributed by atoms with Crippen LogP contribution in [0, 0.1) is 0 Å². The number of nitrogens with zero attached hydrogens (tertiary/aromatic N) is 2. The van der Waals surface area contributed by atoms with E-state index < -0.39 is 0 Å². The smallest absolute Gasteiger partial charge is 0.164 e. The van der Waals surface area contributed by atoms with E-state index in [2.05, 4.69) is 17.1 Å². The number of carbonyl (C=O) groups is 1. The summed E-state index contributed by atoms with van der Waals surface area (Å²) in [7, 11) is 2.11. The summed E-state index contributed by atoms with van der Waals surface area (Å²) >= 11 is 0. The minimum absolute atomic E-state index is 0.0342. The molecule has 1 aromatic heterocycles. The van der Waals surface area contributed by atoms with Gasteiger partial charge in [-0.1, -0.05) is 5.16 Å². The number of aromatic nitrogens is 1. The summed E-state index contributed by atoms with van der Waals surface area (Å²) in [5.74, 6) is 0.771. The molecule has 82 valence electrons. The average Bonchev–Trinajstić information content (AvgIpc) is 2.77. The molecule has 0 spiro atoms. The monoisotopic (exact) mass is 208 g/mol. The van der Waals surface area contributed by atoms with Gasteiger partial charge in [0.05, 0.1) is 11.8 Å². The zero-order valence-corrected chi connectivity index (χ0v) is 9.19. The fraction of sp³-hybridized carbons (Fsp3) is 0.636. The van der Waals surface area contributed by atoms with Crippen molar-refractivity contribution < 1.29 is 9.32 Å². The molecule has 0 N–H and O–H groups in total. The molecule has 1 aliphatic heterocycles. The molecule has 2 rings (SSSR count). The van der Waals surface area contributed by atoms with Crippen LogP contribution in [0.15, 0.2) is 10.7 Å². The summed E-state index contributed by atoms with van der Waals surface area (Å²) in [4.78, 5) is 13.6. The van der Waals surface area contributed by atoms with Crippen LogP contribution in [0.3, 0.4) is 0 Å². The van der Waals surface area contributed by atoms with E-state index >= 15 is 0 Å². The Balaban J connectivity index is 2.10. The van der Waals surface area contributed by atoms with E-state index in [1.807, 2.05) is 0 Å². The highest BCUT2D eigenvalue weighted by molar-refractivity contribution is 5.94. The maximum Gasteiger partial charge on any atom is 0.164 e. The van der Waals surface area contributed by atoms with Gasteiger partial charge in [-0.15, -0.1) is 0 Å². The number of Topliss-reactive ketones (excluding diaryl/α,β-unsaturated/α-hetero) is 1. The van der Waals surface area contributed by atoms with Crippen LogP contribution in [-0.4, -0.2) is 35.5 Å². The molecule has 4 nitrogen and oxygen atoms in total. The molecule has 0 bridgehead atoms. The number of likely N-dealkylation sites (N-methyl/N-ethyl adjacent to an activating group) is 1. The van der Waals surface area contributed by atoms with E-state index in [0.717, 1.165) is 18.7 Å². The van der Waals surface area contributed by atoms with Crippen molar-refractivity contribution in [1.82, 2.24) is 10.1 Å². The number of likely N-dealkylation sites (tertiary alicyclic amines) is 1. The maximum atomic E-state index is 11.3. The van der Waals surface area contributed by atoms with Gasteiger partial charge in [0.2, 0.25) is 0 Å². The first-order chi connectivity index (χ1) is 7.18. The molecule has 1 atom stereocenters. The van der Waals surface area contributed by atoms with Gasteiger partial charge in [0.25, 0.3) is 0 Å². The van der Waals surface area contributed by atoms with Crippen molar-refractivity contribution in [1.29, 1.82) is 0 Å². The van der Waals surface area contributed by atoms with Crippen molar-refractivity contribution in [3.63, 3.8) is 0 Å². The number of hydrogen-bond donors (Lipinski definition) is 0. The Bertz CT molecular complexity index is 359. The van der Waals surface area contributed by atoms with Crippen molar-refractivity contribution in [2.45, 2.75) is 32.2 Å². The summed E-state index contributed by atoms with van der Waals surface area (Å²) in [6.07, 6.45) is 4.72. The normalized spacial score (nSPS) is 22.1. The standard InChI is InChI=1S/C11H16N2O2/c1-8(14)10-7-12-15-11(10)6-9-4-3-5-13(9)2/h7,9H,3-6H2,1-2H3. The molecule has 0 saturated carbocycles. The second-order valence-electron chi connectivity index (χ2n) is 4.20. The van der Waals surface area contributed by atoms with Gasteiger partial charge in [-0.05, 0) is 33.4 Å². The molecular formula is C11H16N2O2. The van der Waals surface area contributed by atoms with Crippen molar-refractivity contribution in [2.24, 2.45) is 0 Å². The molecule has 1 fully saturated rings. The predicted octanol–water partition coefficient (Wildman–Crippen LogP) is 1.51. The van der Waals surface area contributed by atoms with E-state index in [9.17, 15) is 4.79 Å². The van der Waals surface area contributed by atoms with Crippen LogP contribution in [0.2, 0.25) is 0 Å². The molecule has 0 radical (unpaired) electrons. The fourth-order valence-corrected chi connectivity index (χ4v) is 2.15. The Morgan fingerprint density at radius 2 is 2.53 bits per heavy atom. The van der Waals surface area contributed by atoms with Gasteiger partial charge in [0.1, 0.15) is 5.76 Å². The van der Waals surface area contributed by atoms with Crippen LogP contribution < -0.4 is 0 Å². The topological polar surface area (TPSA) is 46.3 Å². The lowest BCUT2D eigenvalue weighted by Crippen LogP contribution is -2.27. The molecule has 1 saturated heterocycles. The molecule has 0 aromatic carbocycles. The minimum atomic E-state index is 0.0342. The fourth-order valence-electron chi connectivity index (χ4n) is 2.15. The van der Waals surface area contributed by atoms with Gasteiger partial charge in [0.15, 0.2) is 5.78 Å². The summed E-state index contributed by atoms with van der Waals surface area (Å²) in [6.45, 7) is 2.68. The first kappa shape index (κ1) is 10.4. The molecule has 1 aromatic rings. The second-order valence-corrected chi connectivity index (χ2v) is 4.20. The summed E-state index contributed by atoms with van der Waals surface area (Å²) in [5, 5.41) is 3.70. The molecule has 1 unspecified atom stereocenters. The molecule has 1 aliphatic rings. The molecule has 0 amide bonds. The van der Waals surface area contributed by atoms with Crippen LogP contribution >= 0.6 is 0 Å². The van der Waals surface area contributed by atoms with E-state index in [-0.39, 0.29) is 5.78 Å². The Kier molecular flexibility index (Phi) is 2.86. The van der Waals surface area contributed by atoms with Crippen molar-refractivity contribution in [3.05, 3.63) is 17.5 Å². The summed E-state index contributed by atoms with van der Waals surface area (Å²) in [5.41, 5.74) is 0.635. The SMILES string of the molecule is CC(=O)c1cnoc1CC1CCCN1C. The van der Waals surface area contributed by atoms with Crippen LogP contribution in [0.4, 0.5) is 0 Å². The van der Waals surface area contributed by atoms with Gasteiger partial charge < -0.3 is 9.42 Å². The predicted molar refractivity (Wildman–Crippen MR) is 55.9 cm³/mol. The van der Waals surface area contributed by atoms with E-state index in [4.69, 9.17) is 4.52 Å². The van der Waals surface area contributed by atoms with Gasteiger partial charge in [-0.25, -0.2) is 0 Å². The summed E-state index contributed by atoms with van der Waals surface area (Å²) in [6, 6.07) is 0.496. The first-order valence-electron chi connectivity index (χ1n) is 5.33. The highest BCUT2D eigenvalue weighted by Gasteiger charge is 2.24. The van der Waals surface area contributed by atoms with Gasteiger partial charge in [-0.3, -0.25) is 4.79 Å². The van der Waals surface area contributed by atoms with Crippen LogP contribution in [0.25, 0.3) is 0 Å². The first-order valence-corrected chi connectivity index (χ1v) is 5.33. The van der Waals surface area contributed by atoms with E-state index in [0.29, 0.717) is 11.6 Å². The van der Waals surface area contributed by atoms with Crippen LogP contribution in [0.1, 0.15) is 35.9 Å². The highest BCUT2D eigenvalue weighted by Crippen LogP contribution is 2.21. The maximum absolute atomic E-state index is 11.3. The molecule has 4 heteroatoms. The van der Waals surface area contributed by atoms with Gasteiger partial charge in [-0.2, -0.15) is 0 Å². The van der Waals surface area contributed by atoms with Gasteiger partial charge in [0, 0.05) is 12.5 Å². The van der Waals surface area contributed by atoms with E-state index in [1.165, 1.54) is 19.0 Å². The number of hydrogen-bond acceptors (Lipinski definition) is 4. The quantitative estimate of drug-likeness (QED) is 0.706. The minimum Gasteiger partial charge on any atom is -0.361 e. The van der Waals surface area contributed by atoms with Crippen LogP contribution in [-0.2, 0) is 6.42 Å². The molecule has 2 heterocycles. The third kappa shape index (κ3) is 2.09. The molecule has 0 aliphatic carbocycles. The van der Waals surface area contributed by atoms with E-state index in [1.54, 1.807) is 6.92 Å². The Morgan fingerprint density at radius 1 is 1.73 bits per heavy atom. The van der Waals surface area contributed by atoms with Crippen LogP contribution in [0.5, 0.6) is 0 Å². The zero-order valence-electron chi connectivity index (χ0n) is 9.19. The lowest BCUT2D eigenvalue weighted by atomic mass is 10.1. The second kappa shape index (κ2) is 4.14. The molecule has 15 heavy (non-hydrogen) atoms. The third-order valence-corrected chi connectivity index (χ3v) is 3.12. The van der Waals surface area contributed by atoms with Crippen molar-refractivity contribution >= 4 is 5.78 Å². The molecular weight excluding hydrogens is 192 g/mol. The lowest BCUT2D eigenvalue weighted by Gasteiger charge is -2.17. The third-order valence-electron chi connectivity index (χ3n) is 3.12. The number of ketones is 1. The Hall–Kier alpha value is -1.16. The lowest BCUT2D eigenvalue weighted by molar-refractivity contribution is 0.101. The van der Waals surface area contributed by atoms with Gasteiger partial charge >= 0.3 is 0 Å². The summed E-state index contributed by atoms with van der Waals surface area (Å²) < 4.78 is 5.14. The Morgan fingerprint density at radius 3 is 3.13 bits per heavy atom. The zero-order chi connectivity index (χ0) is 10.8. The largest absolute Gasteiger partial charge is 0.361 e. The highest BCUT2D eigenvalue weighted by atomic mass is 16.5. The Labute approximate surface area is 89.2 Å². The average molecular weight is 208 g/mol. The van der Waals surface area contributed by atoms with Crippen molar-refractivity contribution in [3.8, 4) is 0 Å².